The number of nitrogens with zero attached hydrogens (tertiary/aromatic N) is 2. The van der Waals surface area contributed by atoms with Gasteiger partial charge >= 0.3 is 5.97 Å². The Labute approximate surface area is 116 Å². The Morgan fingerprint density at radius 3 is 2.65 bits per heavy atom. The monoisotopic (exact) mass is 273 g/mol. The topological polar surface area (TPSA) is 84.2 Å². The number of aromatic nitrogens is 2. The van der Waals surface area contributed by atoms with Crippen molar-refractivity contribution in [3.8, 4) is 0 Å². The maximum atomic E-state index is 12.2. The van der Waals surface area contributed by atoms with Crippen LogP contribution < -0.4 is 5.32 Å². The second-order valence-electron chi connectivity index (χ2n) is 4.61. The molecule has 1 aromatic carbocycles. The molecule has 104 valence electrons. The van der Waals surface area contributed by atoms with E-state index in [1.807, 2.05) is 26.0 Å². The van der Waals surface area contributed by atoms with Gasteiger partial charge in [-0.2, -0.15) is 5.10 Å². The van der Waals surface area contributed by atoms with Crippen LogP contribution in [0.25, 0.3) is 0 Å². The Morgan fingerprint density at radius 2 is 2.00 bits per heavy atom. The quantitative estimate of drug-likeness (QED) is 0.895. The minimum atomic E-state index is -1.14. The summed E-state index contributed by atoms with van der Waals surface area (Å²) in [5.74, 6) is -1.48. The first-order valence-corrected chi connectivity index (χ1v) is 6.04. The Morgan fingerprint density at radius 1 is 1.30 bits per heavy atom. The third-order valence-corrected chi connectivity index (χ3v) is 3.03. The van der Waals surface area contributed by atoms with Crippen molar-refractivity contribution in [3.05, 3.63) is 46.8 Å². The lowest BCUT2D eigenvalue weighted by Gasteiger charge is -2.08. The molecule has 2 N–H and O–H groups in total. The zero-order chi connectivity index (χ0) is 14.9. The molecule has 0 aliphatic rings. The highest BCUT2D eigenvalue weighted by atomic mass is 16.4. The molecule has 0 aliphatic heterocycles. The van der Waals surface area contributed by atoms with Gasteiger partial charge in [0.15, 0.2) is 5.69 Å². The molecule has 20 heavy (non-hydrogen) atoms. The summed E-state index contributed by atoms with van der Waals surface area (Å²) in [6.07, 6.45) is 1.33. The zero-order valence-corrected chi connectivity index (χ0v) is 11.5. The molecule has 2 aromatic rings. The van der Waals surface area contributed by atoms with Gasteiger partial charge in [-0.3, -0.25) is 9.48 Å². The molecule has 0 saturated carbocycles. The van der Waals surface area contributed by atoms with Crippen molar-refractivity contribution in [3.63, 3.8) is 0 Å². The molecule has 1 amide bonds. The summed E-state index contributed by atoms with van der Waals surface area (Å²) in [5.41, 5.74) is 2.44. The van der Waals surface area contributed by atoms with E-state index >= 15 is 0 Å². The van der Waals surface area contributed by atoms with Gasteiger partial charge in [-0.25, -0.2) is 4.79 Å². The van der Waals surface area contributed by atoms with Crippen molar-refractivity contribution >= 4 is 17.6 Å². The van der Waals surface area contributed by atoms with Gasteiger partial charge in [0.05, 0.1) is 11.9 Å². The molecule has 0 aliphatic carbocycles. The van der Waals surface area contributed by atoms with E-state index in [2.05, 4.69) is 10.4 Å². The lowest BCUT2D eigenvalue weighted by atomic mass is 10.1. The van der Waals surface area contributed by atoms with E-state index in [-0.39, 0.29) is 17.3 Å². The Balaban J connectivity index is 2.33. The van der Waals surface area contributed by atoms with E-state index in [4.69, 9.17) is 5.11 Å². The zero-order valence-electron chi connectivity index (χ0n) is 11.5. The van der Waals surface area contributed by atoms with Crippen molar-refractivity contribution in [2.45, 2.75) is 13.8 Å². The highest BCUT2D eigenvalue weighted by molar-refractivity contribution is 6.08. The third kappa shape index (κ3) is 2.54. The van der Waals surface area contributed by atoms with E-state index < -0.39 is 5.97 Å². The van der Waals surface area contributed by atoms with Gasteiger partial charge in [0.25, 0.3) is 5.91 Å². The molecule has 0 fully saturated rings. The van der Waals surface area contributed by atoms with Gasteiger partial charge in [-0.15, -0.1) is 0 Å². The fourth-order valence-electron chi connectivity index (χ4n) is 1.95. The van der Waals surface area contributed by atoms with Gasteiger partial charge in [-0.1, -0.05) is 17.7 Å². The van der Waals surface area contributed by atoms with Gasteiger partial charge in [0.1, 0.15) is 0 Å². The number of carbonyl (C=O) groups excluding carboxylic acids is 1. The number of carbonyl (C=O) groups is 2. The number of nitrogens with one attached hydrogen (secondary N) is 1. The molecule has 1 aromatic heterocycles. The third-order valence-electron chi connectivity index (χ3n) is 3.03. The van der Waals surface area contributed by atoms with E-state index in [0.717, 1.165) is 11.1 Å². The molecule has 0 saturated heterocycles. The highest BCUT2D eigenvalue weighted by Crippen LogP contribution is 2.17. The van der Waals surface area contributed by atoms with Gasteiger partial charge < -0.3 is 10.4 Å². The molecule has 0 unspecified atom stereocenters. The van der Waals surface area contributed by atoms with E-state index in [1.165, 1.54) is 17.9 Å². The SMILES string of the molecule is Cc1ccc(C)c(C(=O)Nc2cnn(C)c2C(=O)O)c1. The summed E-state index contributed by atoms with van der Waals surface area (Å²) in [6, 6.07) is 5.53. The summed E-state index contributed by atoms with van der Waals surface area (Å²) >= 11 is 0. The van der Waals surface area contributed by atoms with Crippen molar-refractivity contribution in [2.24, 2.45) is 7.05 Å². The molecular formula is C14H15N3O3. The van der Waals surface area contributed by atoms with Crippen LogP contribution in [0.1, 0.15) is 32.0 Å². The largest absolute Gasteiger partial charge is 0.476 e. The number of benzene rings is 1. The maximum absolute atomic E-state index is 12.2. The molecule has 1 heterocycles. The number of amides is 1. The Kier molecular flexibility index (Phi) is 3.56. The van der Waals surface area contributed by atoms with Gasteiger partial charge in [-0.05, 0) is 25.5 Å². The molecule has 0 bridgehead atoms. The number of hydrogen-bond acceptors (Lipinski definition) is 3. The molecule has 2 rings (SSSR count). The van der Waals surface area contributed by atoms with Crippen LogP contribution in [0.4, 0.5) is 5.69 Å². The summed E-state index contributed by atoms with van der Waals surface area (Å²) in [5, 5.41) is 15.5. The average Bonchev–Trinajstić information content (AvgIpc) is 2.73. The molecule has 6 nitrogen and oxygen atoms in total. The smallest absolute Gasteiger partial charge is 0.356 e. The number of aryl methyl sites for hydroxylation is 3. The van der Waals surface area contributed by atoms with E-state index in [0.29, 0.717) is 5.56 Å². The Bertz CT molecular complexity index is 689. The van der Waals surface area contributed by atoms with Gasteiger partial charge in [0.2, 0.25) is 0 Å². The standard InChI is InChI=1S/C14H15N3O3/c1-8-4-5-9(2)10(6-8)13(18)16-11-7-15-17(3)12(11)14(19)20/h4-7H,1-3H3,(H,16,18)(H,19,20). The first kappa shape index (κ1) is 13.8. The van der Waals surface area contributed by atoms with Crippen LogP contribution in [0.3, 0.4) is 0 Å². The van der Waals surface area contributed by atoms with E-state index in [9.17, 15) is 9.59 Å². The minimum absolute atomic E-state index is 0.0522. The number of carboxylic acid groups (broad SMARTS) is 1. The molecular weight excluding hydrogens is 258 g/mol. The fourth-order valence-corrected chi connectivity index (χ4v) is 1.95. The lowest BCUT2D eigenvalue weighted by Crippen LogP contribution is -2.16. The fraction of sp³-hybridized carbons (Fsp3) is 0.214. The van der Waals surface area contributed by atoms with Crippen LogP contribution in [-0.2, 0) is 7.05 Å². The first-order valence-electron chi connectivity index (χ1n) is 6.04. The van der Waals surface area contributed by atoms with Crippen molar-refractivity contribution < 1.29 is 14.7 Å². The molecule has 0 spiro atoms. The molecule has 0 atom stereocenters. The summed E-state index contributed by atoms with van der Waals surface area (Å²) in [7, 11) is 1.51. The van der Waals surface area contributed by atoms with Crippen LogP contribution in [0, 0.1) is 13.8 Å². The maximum Gasteiger partial charge on any atom is 0.356 e. The highest BCUT2D eigenvalue weighted by Gasteiger charge is 2.19. The van der Waals surface area contributed by atoms with Crippen LogP contribution in [0.15, 0.2) is 24.4 Å². The molecule has 0 radical (unpaired) electrons. The predicted molar refractivity (Wildman–Crippen MR) is 74.0 cm³/mol. The predicted octanol–water partition coefficient (Wildman–Crippen LogP) is 1.99. The normalized spacial score (nSPS) is 10.3. The minimum Gasteiger partial charge on any atom is -0.476 e. The van der Waals surface area contributed by atoms with Crippen LogP contribution in [0.2, 0.25) is 0 Å². The van der Waals surface area contributed by atoms with Crippen LogP contribution >= 0.6 is 0 Å². The second-order valence-corrected chi connectivity index (χ2v) is 4.61. The number of hydrogen-bond donors (Lipinski definition) is 2. The first-order chi connectivity index (χ1) is 9.40. The summed E-state index contributed by atoms with van der Waals surface area (Å²) in [6.45, 7) is 3.72. The number of anilines is 1. The Hall–Kier alpha value is -2.63. The van der Waals surface area contributed by atoms with Crippen molar-refractivity contribution in [1.29, 1.82) is 0 Å². The average molecular weight is 273 g/mol. The summed E-state index contributed by atoms with van der Waals surface area (Å²) < 4.78 is 1.21. The molecule has 6 heteroatoms. The lowest BCUT2D eigenvalue weighted by molar-refractivity contribution is 0.0686. The summed E-state index contributed by atoms with van der Waals surface area (Å²) in [4.78, 5) is 23.4. The van der Waals surface area contributed by atoms with Gasteiger partial charge in [0, 0.05) is 12.6 Å². The number of carboxylic acids is 1. The van der Waals surface area contributed by atoms with Crippen molar-refractivity contribution in [1.82, 2.24) is 9.78 Å². The number of rotatable bonds is 3. The van der Waals surface area contributed by atoms with Crippen LogP contribution in [-0.4, -0.2) is 26.8 Å². The van der Waals surface area contributed by atoms with Crippen molar-refractivity contribution in [2.75, 3.05) is 5.32 Å². The van der Waals surface area contributed by atoms with Crippen LogP contribution in [0.5, 0.6) is 0 Å². The number of aromatic carboxylic acids is 1. The second kappa shape index (κ2) is 5.16. The van der Waals surface area contributed by atoms with E-state index in [1.54, 1.807) is 6.07 Å².